The van der Waals surface area contributed by atoms with Gasteiger partial charge in [0.05, 0.1) is 12.2 Å². The van der Waals surface area contributed by atoms with Gasteiger partial charge in [-0.2, -0.15) is 11.8 Å². The first-order valence-electron chi connectivity index (χ1n) is 6.72. The number of nitrogens with zero attached hydrogens (tertiary/aromatic N) is 3. The maximum absolute atomic E-state index is 5.20. The number of aryl methyl sites for hydroxylation is 1. The summed E-state index contributed by atoms with van der Waals surface area (Å²) in [5.74, 6) is 2.96. The Kier molecular flexibility index (Phi) is 7.71. The molecule has 0 amide bonds. The maximum atomic E-state index is 5.20. The van der Waals surface area contributed by atoms with Crippen molar-refractivity contribution >= 4 is 41.7 Å². The Morgan fingerprint density at radius 1 is 1.65 bits per heavy atom. The number of hydrogen-bond donors (Lipinski definition) is 1. The predicted molar refractivity (Wildman–Crippen MR) is 95.0 cm³/mol. The number of nitrogens with one attached hydrogen (secondary N) is 1. The molecular weight excluding hydrogens is 387 g/mol. The highest BCUT2D eigenvalue weighted by molar-refractivity contribution is 14.0. The van der Waals surface area contributed by atoms with E-state index in [1.807, 2.05) is 20.0 Å². The molecule has 20 heavy (non-hydrogen) atoms. The quantitative estimate of drug-likeness (QED) is 0.472. The van der Waals surface area contributed by atoms with E-state index in [1.165, 1.54) is 12.2 Å². The largest absolute Gasteiger partial charge is 0.359 e. The van der Waals surface area contributed by atoms with Crippen LogP contribution in [0.15, 0.2) is 15.6 Å². The van der Waals surface area contributed by atoms with Crippen LogP contribution >= 0.6 is 35.7 Å². The van der Waals surface area contributed by atoms with Gasteiger partial charge in [-0.1, -0.05) is 12.1 Å². The zero-order valence-corrected chi connectivity index (χ0v) is 15.4. The van der Waals surface area contributed by atoms with E-state index in [0.29, 0.717) is 11.8 Å². The number of rotatable bonds is 3. The molecule has 0 radical (unpaired) electrons. The number of guanidine groups is 1. The highest BCUT2D eigenvalue weighted by Crippen LogP contribution is 2.21. The third kappa shape index (κ3) is 4.83. The molecule has 1 aliphatic heterocycles. The molecule has 0 aromatic carbocycles. The summed E-state index contributed by atoms with van der Waals surface area (Å²) in [4.78, 5) is 6.69. The van der Waals surface area contributed by atoms with Crippen molar-refractivity contribution < 1.29 is 4.52 Å². The fourth-order valence-electron chi connectivity index (χ4n) is 2.16. The van der Waals surface area contributed by atoms with Crippen LogP contribution in [0.3, 0.4) is 0 Å². The summed E-state index contributed by atoms with van der Waals surface area (Å²) in [5.41, 5.74) is 0.909. The molecule has 7 heteroatoms. The summed E-state index contributed by atoms with van der Waals surface area (Å²) in [6, 6.07) is 1.95. The van der Waals surface area contributed by atoms with Gasteiger partial charge in [-0.15, -0.1) is 24.0 Å². The first-order chi connectivity index (χ1) is 9.22. The lowest BCUT2D eigenvalue weighted by atomic mass is 10.3. The molecule has 1 saturated heterocycles. The minimum absolute atomic E-state index is 0. The lowest BCUT2D eigenvalue weighted by molar-refractivity contribution is 0.368. The van der Waals surface area contributed by atoms with E-state index in [1.54, 1.807) is 0 Å². The summed E-state index contributed by atoms with van der Waals surface area (Å²) < 4.78 is 5.20. The van der Waals surface area contributed by atoms with E-state index >= 15 is 0 Å². The molecule has 2 rings (SSSR count). The molecule has 2 heterocycles. The fourth-order valence-corrected chi connectivity index (χ4v) is 3.34. The van der Waals surface area contributed by atoms with Crippen LogP contribution in [-0.2, 0) is 6.54 Å². The van der Waals surface area contributed by atoms with Crippen molar-refractivity contribution in [1.82, 2.24) is 15.4 Å². The molecule has 1 N–H and O–H groups in total. The van der Waals surface area contributed by atoms with E-state index < -0.39 is 0 Å². The predicted octanol–water partition coefficient (Wildman–Crippen LogP) is 2.50. The van der Waals surface area contributed by atoms with E-state index in [0.717, 1.165) is 30.5 Å². The van der Waals surface area contributed by atoms with Gasteiger partial charge >= 0.3 is 0 Å². The van der Waals surface area contributed by atoms with Crippen LogP contribution in [0, 0.1) is 6.92 Å². The monoisotopic (exact) mass is 410 g/mol. The molecular formula is C13H23IN4OS. The Morgan fingerprint density at radius 3 is 3.05 bits per heavy atom. The second kappa shape index (κ2) is 8.76. The summed E-state index contributed by atoms with van der Waals surface area (Å²) in [6.45, 7) is 6.92. The molecule has 1 aliphatic rings. The first-order valence-corrected chi connectivity index (χ1v) is 7.77. The van der Waals surface area contributed by atoms with Gasteiger partial charge in [-0.05, 0) is 13.3 Å². The van der Waals surface area contributed by atoms with E-state index in [2.05, 4.69) is 39.1 Å². The number of aliphatic imine (C=N–C) groups is 1. The zero-order chi connectivity index (χ0) is 13.7. The smallest absolute Gasteiger partial charge is 0.194 e. The Balaban J connectivity index is 0.00000200. The van der Waals surface area contributed by atoms with E-state index in [4.69, 9.17) is 4.52 Å². The van der Waals surface area contributed by atoms with Gasteiger partial charge in [0.1, 0.15) is 0 Å². The Morgan fingerprint density at radius 2 is 2.45 bits per heavy atom. The van der Waals surface area contributed by atoms with Crippen molar-refractivity contribution in [2.45, 2.75) is 32.1 Å². The molecule has 1 unspecified atom stereocenters. The van der Waals surface area contributed by atoms with Crippen LogP contribution in [0.1, 0.15) is 24.8 Å². The highest BCUT2D eigenvalue weighted by atomic mass is 127. The Hall–Kier alpha value is -0.440. The topological polar surface area (TPSA) is 53.7 Å². The second-order valence-corrected chi connectivity index (χ2v) is 6.09. The SMILES string of the molecule is CCC1CN(C(=NC)NCc2cc(C)no2)CCS1.I. The summed E-state index contributed by atoms with van der Waals surface area (Å²) in [6.07, 6.45) is 1.21. The van der Waals surface area contributed by atoms with Gasteiger partial charge in [0.15, 0.2) is 11.7 Å². The number of halogens is 1. The molecule has 0 aliphatic carbocycles. The molecule has 1 atom stereocenters. The molecule has 114 valence electrons. The minimum Gasteiger partial charge on any atom is -0.359 e. The third-order valence-corrected chi connectivity index (χ3v) is 4.58. The average molecular weight is 410 g/mol. The number of hydrogen-bond acceptors (Lipinski definition) is 4. The molecule has 0 bridgehead atoms. The Labute approximate surface area is 142 Å². The van der Waals surface area contributed by atoms with Crippen molar-refractivity contribution in [1.29, 1.82) is 0 Å². The second-order valence-electron chi connectivity index (χ2n) is 4.68. The van der Waals surface area contributed by atoms with Crippen molar-refractivity contribution in [3.8, 4) is 0 Å². The van der Waals surface area contributed by atoms with Crippen LogP contribution in [0.2, 0.25) is 0 Å². The number of aromatic nitrogens is 1. The number of thioether (sulfide) groups is 1. The minimum atomic E-state index is 0. The summed E-state index contributed by atoms with van der Waals surface area (Å²) in [7, 11) is 1.83. The van der Waals surface area contributed by atoms with Crippen LogP contribution in [-0.4, -0.2) is 47.2 Å². The molecule has 0 saturated carbocycles. The summed E-state index contributed by atoms with van der Waals surface area (Å²) in [5, 5.41) is 7.94. The van der Waals surface area contributed by atoms with Gasteiger partial charge in [-0.3, -0.25) is 4.99 Å². The molecule has 1 fully saturated rings. The van der Waals surface area contributed by atoms with Gasteiger partial charge in [0.2, 0.25) is 0 Å². The van der Waals surface area contributed by atoms with Crippen molar-refractivity contribution in [2.75, 3.05) is 25.9 Å². The highest BCUT2D eigenvalue weighted by Gasteiger charge is 2.21. The fraction of sp³-hybridized carbons (Fsp3) is 0.692. The molecule has 1 aromatic rings. The van der Waals surface area contributed by atoms with E-state index in [9.17, 15) is 0 Å². The Bertz CT molecular complexity index is 438. The van der Waals surface area contributed by atoms with Crippen LogP contribution < -0.4 is 5.32 Å². The van der Waals surface area contributed by atoms with Gasteiger partial charge in [0, 0.05) is 37.2 Å². The van der Waals surface area contributed by atoms with Gasteiger partial charge in [-0.25, -0.2) is 0 Å². The van der Waals surface area contributed by atoms with Crippen molar-refractivity contribution in [2.24, 2.45) is 4.99 Å². The third-order valence-electron chi connectivity index (χ3n) is 3.20. The van der Waals surface area contributed by atoms with Crippen molar-refractivity contribution in [3.05, 3.63) is 17.5 Å². The first kappa shape index (κ1) is 17.6. The molecule has 1 aromatic heterocycles. The van der Waals surface area contributed by atoms with E-state index in [-0.39, 0.29) is 24.0 Å². The summed E-state index contributed by atoms with van der Waals surface area (Å²) >= 11 is 2.06. The zero-order valence-electron chi connectivity index (χ0n) is 12.3. The lowest BCUT2D eigenvalue weighted by Crippen LogP contribution is -2.47. The molecule has 5 nitrogen and oxygen atoms in total. The standard InChI is InChI=1S/C13H22N4OS.HI/c1-4-12-9-17(5-6-19-12)13(14-3)15-8-11-7-10(2)16-18-11;/h7,12H,4-6,8-9H2,1-3H3,(H,14,15);1H. The normalized spacial score (nSPS) is 19.6. The van der Waals surface area contributed by atoms with Crippen molar-refractivity contribution in [3.63, 3.8) is 0 Å². The van der Waals surface area contributed by atoms with Crippen LogP contribution in [0.25, 0.3) is 0 Å². The van der Waals surface area contributed by atoms with Crippen LogP contribution in [0.4, 0.5) is 0 Å². The van der Waals surface area contributed by atoms with Gasteiger partial charge in [0.25, 0.3) is 0 Å². The molecule has 0 spiro atoms. The maximum Gasteiger partial charge on any atom is 0.194 e. The van der Waals surface area contributed by atoms with Gasteiger partial charge < -0.3 is 14.7 Å². The lowest BCUT2D eigenvalue weighted by Gasteiger charge is -2.34. The van der Waals surface area contributed by atoms with Crippen LogP contribution in [0.5, 0.6) is 0 Å². The average Bonchev–Trinajstić information content (AvgIpc) is 2.85.